The number of thioether (sulfide) groups is 1. The number of thiophene rings is 1. The summed E-state index contributed by atoms with van der Waals surface area (Å²) in [6.07, 6.45) is 0.736. The van der Waals surface area contributed by atoms with Gasteiger partial charge in [0.2, 0.25) is 11.1 Å². The number of anilines is 1. The molecule has 1 amide bonds. The summed E-state index contributed by atoms with van der Waals surface area (Å²) >= 11 is 3.02. The fraction of sp³-hybridized carbons (Fsp3) is 0.235. The lowest BCUT2D eigenvalue weighted by atomic mass is 10.1. The van der Waals surface area contributed by atoms with E-state index in [0.29, 0.717) is 5.16 Å². The standard InChI is InChI=1S/C17H18N4OS2/c1-11-5-3-7-14(12(11)2)18-16(22)10-24-17-19-15(20-21-17)9-13-6-4-8-23-13/h3-8H,9-10H2,1-2H3,(H,18,22)(H,19,20,21). The second kappa shape index (κ2) is 7.63. The number of carbonyl (C=O) groups is 1. The second-order valence-electron chi connectivity index (χ2n) is 5.41. The van der Waals surface area contributed by atoms with Crippen molar-refractivity contribution < 1.29 is 4.79 Å². The van der Waals surface area contributed by atoms with Crippen LogP contribution in [0.15, 0.2) is 40.9 Å². The van der Waals surface area contributed by atoms with Crippen LogP contribution in [0.25, 0.3) is 0 Å². The Hall–Kier alpha value is -2.12. The zero-order valence-electron chi connectivity index (χ0n) is 13.5. The Morgan fingerprint density at radius 1 is 1.29 bits per heavy atom. The maximum absolute atomic E-state index is 12.1. The normalized spacial score (nSPS) is 10.8. The molecular formula is C17H18N4OS2. The molecule has 3 rings (SSSR count). The first kappa shape index (κ1) is 16.7. The van der Waals surface area contributed by atoms with Crippen LogP contribution in [0.2, 0.25) is 0 Å². The number of carbonyl (C=O) groups excluding carboxylic acids is 1. The average molecular weight is 358 g/mol. The number of nitrogens with zero attached hydrogens (tertiary/aromatic N) is 2. The minimum atomic E-state index is -0.0571. The van der Waals surface area contributed by atoms with Crippen LogP contribution in [0.3, 0.4) is 0 Å². The van der Waals surface area contributed by atoms with Crippen molar-refractivity contribution in [1.29, 1.82) is 0 Å². The largest absolute Gasteiger partial charge is 0.325 e. The summed E-state index contributed by atoms with van der Waals surface area (Å²) in [4.78, 5) is 17.8. The van der Waals surface area contributed by atoms with Crippen molar-refractivity contribution in [2.24, 2.45) is 0 Å². The maximum Gasteiger partial charge on any atom is 0.234 e. The van der Waals surface area contributed by atoms with Gasteiger partial charge < -0.3 is 5.32 Å². The third-order valence-corrected chi connectivity index (χ3v) is 5.37. The smallest absolute Gasteiger partial charge is 0.234 e. The highest BCUT2D eigenvalue weighted by molar-refractivity contribution is 7.99. The monoisotopic (exact) mass is 358 g/mol. The zero-order chi connectivity index (χ0) is 16.9. The molecule has 0 aliphatic rings. The minimum Gasteiger partial charge on any atom is -0.325 e. The van der Waals surface area contributed by atoms with Gasteiger partial charge in [-0.05, 0) is 42.5 Å². The second-order valence-corrected chi connectivity index (χ2v) is 7.38. The highest BCUT2D eigenvalue weighted by atomic mass is 32.2. The fourth-order valence-electron chi connectivity index (χ4n) is 2.20. The summed E-state index contributed by atoms with van der Waals surface area (Å²) in [6.45, 7) is 4.03. The lowest BCUT2D eigenvalue weighted by molar-refractivity contribution is -0.113. The van der Waals surface area contributed by atoms with Crippen molar-refractivity contribution in [1.82, 2.24) is 15.2 Å². The lowest BCUT2D eigenvalue weighted by Gasteiger charge is -2.09. The molecule has 5 nitrogen and oxygen atoms in total. The molecule has 0 saturated carbocycles. The molecule has 2 aromatic heterocycles. The van der Waals surface area contributed by atoms with E-state index in [1.165, 1.54) is 16.6 Å². The molecule has 0 fully saturated rings. The Morgan fingerprint density at radius 2 is 2.17 bits per heavy atom. The van der Waals surface area contributed by atoms with Gasteiger partial charge in [0.05, 0.1) is 5.75 Å². The van der Waals surface area contributed by atoms with Gasteiger partial charge in [-0.2, -0.15) is 0 Å². The maximum atomic E-state index is 12.1. The van der Waals surface area contributed by atoms with E-state index in [0.717, 1.165) is 29.1 Å². The molecule has 2 N–H and O–H groups in total. The van der Waals surface area contributed by atoms with Crippen LogP contribution in [0.5, 0.6) is 0 Å². The summed E-state index contributed by atoms with van der Waals surface area (Å²) in [6, 6.07) is 9.97. The molecule has 1 aromatic carbocycles. The van der Waals surface area contributed by atoms with Crippen molar-refractivity contribution in [3.63, 3.8) is 0 Å². The number of aromatic nitrogens is 3. The first-order chi connectivity index (χ1) is 11.6. The van der Waals surface area contributed by atoms with Gasteiger partial charge in [0.25, 0.3) is 0 Å². The van der Waals surface area contributed by atoms with Gasteiger partial charge in [0, 0.05) is 17.0 Å². The van der Waals surface area contributed by atoms with E-state index in [2.05, 4.69) is 26.6 Å². The Kier molecular flexibility index (Phi) is 5.32. The van der Waals surface area contributed by atoms with Crippen LogP contribution in [0.1, 0.15) is 21.8 Å². The highest BCUT2D eigenvalue weighted by Gasteiger charge is 2.10. The predicted octanol–water partition coefficient (Wildman–Crippen LogP) is 3.80. The Morgan fingerprint density at radius 3 is 2.96 bits per heavy atom. The summed E-state index contributed by atoms with van der Waals surface area (Å²) in [5.41, 5.74) is 3.11. The van der Waals surface area contributed by atoms with E-state index in [1.807, 2.05) is 43.5 Å². The van der Waals surface area contributed by atoms with Gasteiger partial charge in [-0.15, -0.1) is 16.4 Å². The van der Waals surface area contributed by atoms with Crippen LogP contribution in [-0.2, 0) is 11.2 Å². The number of rotatable bonds is 6. The molecule has 2 heterocycles. The summed E-state index contributed by atoms with van der Waals surface area (Å²) in [5, 5.41) is 12.7. The third-order valence-electron chi connectivity index (χ3n) is 3.64. The number of aromatic amines is 1. The number of hydrogen-bond donors (Lipinski definition) is 2. The number of benzene rings is 1. The first-order valence-corrected chi connectivity index (χ1v) is 9.41. The molecule has 3 aromatic rings. The van der Waals surface area contributed by atoms with E-state index < -0.39 is 0 Å². The molecule has 0 aliphatic heterocycles. The quantitative estimate of drug-likeness (QED) is 0.658. The van der Waals surface area contributed by atoms with Crippen molar-refractivity contribution in [2.75, 3.05) is 11.1 Å². The summed E-state index contributed by atoms with van der Waals surface area (Å²) in [7, 11) is 0. The molecule has 0 aliphatic carbocycles. The van der Waals surface area contributed by atoms with Crippen LogP contribution < -0.4 is 5.32 Å². The first-order valence-electron chi connectivity index (χ1n) is 7.54. The van der Waals surface area contributed by atoms with Gasteiger partial charge in [-0.3, -0.25) is 9.89 Å². The molecule has 0 spiro atoms. The van der Waals surface area contributed by atoms with E-state index in [4.69, 9.17) is 0 Å². The molecule has 0 bridgehead atoms. The Labute approximate surface area is 148 Å². The molecular weight excluding hydrogens is 340 g/mol. The predicted molar refractivity (Wildman–Crippen MR) is 98.8 cm³/mol. The minimum absolute atomic E-state index is 0.0571. The van der Waals surface area contributed by atoms with Gasteiger partial charge in [-0.1, -0.05) is 30.0 Å². The van der Waals surface area contributed by atoms with Crippen LogP contribution in [0.4, 0.5) is 5.69 Å². The molecule has 7 heteroatoms. The number of aryl methyl sites for hydroxylation is 1. The van der Waals surface area contributed by atoms with Crippen molar-refractivity contribution >= 4 is 34.7 Å². The van der Waals surface area contributed by atoms with Gasteiger partial charge >= 0.3 is 0 Å². The fourth-order valence-corrected chi connectivity index (χ4v) is 3.53. The molecule has 124 valence electrons. The number of nitrogens with one attached hydrogen (secondary N) is 2. The van der Waals surface area contributed by atoms with E-state index in [1.54, 1.807) is 11.3 Å². The van der Waals surface area contributed by atoms with E-state index in [-0.39, 0.29) is 11.7 Å². The lowest BCUT2D eigenvalue weighted by Crippen LogP contribution is -2.15. The number of H-pyrrole nitrogens is 1. The third kappa shape index (κ3) is 4.24. The molecule has 0 atom stereocenters. The van der Waals surface area contributed by atoms with Gasteiger partial charge in [0.1, 0.15) is 5.82 Å². The number of amides is 1. The van der Waals surface area contributed by atoms with Crippen LogP contribution in [-0.4, -0.2) is 26.8 Å². The SMILES string of the molecule is Cc1cccc(NC(=O)CSc2n[nH]c(Cc3cccs3)n2)c1C. The van der Waals surface area contributed by atoms with Crippen molar-refractivity contribution in [3.8, 4) is 0 Å². The van der Waals surface area contributed by atoms with Gasteiger partial charge in [0.15, 0.2) is 0 Å². The number of hydrogen-bond acceptors (Lipinski definition) is 5. The summed E-state index contributed by atoms with van der Waals surface area (Å²) in [5.74, 6) is 1.04. The van der Waals surface area contributed by atoms with Crippen LogP contribution in [0, 0.1) is 13.8 Å². The summed E-state index contributed by atoms with van der Waals surface area (Å²) < 4.78 is 0. The van der Waals surface area contributed by atoms with E-state index >= 15 is 0 Å². The van der Waals surface area contributed by atoms with E-state index in [9.17, 15) is 4.79 Å². The Balaban J connectivity index is 1.53. The van der Waals surface area contributed by atoms with Crippen molar-refractivity contribution in [2.45, 2.75) is 25.4 Å². The average Bonchev–Trinajstić information content (AvgIpc) is 3.22. The highest BCUT2D eigenvalue weighted by Crippen LogP contribution is 2.20. The Bertz CT molecular complexity index is 827. The molecule has 0 radical (unpaired) electrons. The molecule has 0 saturated heterocycles. The zero-order valence-corrected chi connectivity index (χ0v) is 15.1. The topological polar surface area (TPSA) is 70.7 Å². The van der Waals surface area contributed by atoms with Crippen LogP contribution >= 0.6 is 23.1 Å². The van der Waals surface area contributed by atoms with Crippen molar-refractivity contribution in [3.05, 3.63) is 57.5 Å². The molecule has 0 unspecified atom stereocenters. The molecule has 24 heavy (non-hydrogen) atoms. The van der Waals surface area contributed by atoms with Gasteiger partial charge in [-0.25, -0.2) is 4.98 Å².